The normalized spacial score (nSPS) is 20.9. The number of carbonyl (C=O) groups is 2. The predicted molar refractivity (Wildman–Crippen MR) is 62.8 cm³/mol. The lowest BCUT2D eigenvalue weighted by Gasteiger charge is -2.35. The Kier molecular flexibility index (Phi) is 4.28. The molecular weight excluding hydrogens is 222 g/mol. The number of hydrogen-bond acceptors (Lipinski definition) is 4. The number of ether oxygens (including phenoxy) is 2. The number of rotatable bonds is 2. The average Bonchev–Trinajstić information content (AvgIpc) is 2.25. The minimum absolute atomic E-state index is 0.199. The van der Waals surface area contributed by atoms with Crippen molar-refractivity contribution in [2.24, 2.45) is 0 Å². The van der Waals surface area contributed by atoms with Crippen molar-refractivity contribution in [1.82, 2.24) is 4.90 Å². The van der Waals surface area contributed by atoms with Gasteiger partial charge in [0, 0.05) is 6.54 Å². The van der Waals surface area contributed by atoms with Crippen molar-refractivity contribution in [1.29, 1.82) is 0 Å². The first kappa shape index (κ1) is 13.7. The molecule has 1 aliphatic rings. The Morgan fingerprint density at radius 1 is 1.47 bits per heavy atom. The number of hydrogen-bond donors (Lipinski definition) is 0. The largest absolute Gasteiger partial charge is 0.444 e. The fourth-order valence-corrected chi connectivity index (χ4v) is 1.51. The number of morpholine rings is 1. The van der Waals surface area contributed by atoms with E-state index in [-0.39, 0.29) is 12.4 Å². The maximum atomic E-state index is 11.9. The van der Waals surface area contributed by atoms with Crippen molar-refractivity contribution in [3.8, 4) is 0 Å². The third kappa shape index (κ3) is 3.85. The van der Waals surface area contributed by atoms with E-state index in [9.17, 15) is 9.59 Å². The molecule has 1 heterocycles. The average molecular weight is 241 g/mol. The van der Waals surface area contributed by atoms with Crippen LogP contribution in [0.25, 0.3) is 0 Å². The van der Waals surface area contributed by atoms with Gasteiger partial charge >= 0.3 is 6.09 Å². The van der Waals surface area contributed by atoms with Crippen LogP contribution in [0.4, 0.5) is 4.79 Å². The zero-order valence-electron chi connectivity index (χ0n) is 10.6. The van der Waals surface area contributed by atoms with Crippen LogP contribution in [0, 0.1) is 0 Å². The van der Waals surface area contributed by atoms with E-state index >= 15 is 0 Å². The van der Waals surface area contributed by atoms with Gasteiger partial charge in [-0.2, -0.15) is 0 Å². The van der Waals surface area contributed by atoms with Crippen molar-refractivity contribution in [2.75, 3.05) is 19.8 Å². The van der Waals surface area contributed by atoms with Gasteiger partial charge in [-0.05, 0) is 26.8 Å². The van der Waals surface area contributed by atoms with Crippen molar-refractivity contribution >= 4 is 11.9 Å². The number of carbonyl (C=O) groups excluding carboxylic acids is 2. The highest BCUT2D eigenvalue weighted by Crippen LogP contribution is 2.15. The quantitative estimate of drug-likeness (QED) is 0.685. The van der Waals surface area contributed by atoms with Gasteiger partial charge in [0.05, 0.1) is 13.2 Å². The molecule has 1 saturated heterocycles. The highest BCUT2D eigenvalue weighted by atomic mass is 16.6. The highest BCUT2D eigenvalue weighted by Gasteiger charge is 2.34. The summed E-state index contributed by atoms with van der Waals surface area (Å²) < 4.78 is 10.4. The molecular formula is C12H19NO4. The second-order valence-electron chi connectivity index (χ2n) is 4.87. The first-order chi connectivity index (χ1) is 7.85. The second kappa shape index (κ2) is 5.31. The summed E-state index contributed by atoms with van der Waals surface area (Å²) in [5.41, 5.74) is -0.572. The summed E-state index contributed by atoms with van der Waals surface area (Å²) >= 11 is 0. The number of nitrogens with zero attached hydrogens (tertiary/aromatic N) is 1. The molecule has 17 heavy (non-hydrogen) atoms. The Balaban J connectivity index is 2.74. The molecule has 1 rings (SSSR count). The van der Waals surface area contributed by atoms with E-state index in [0.717, 1.165) is 0 Å². The minimum Gasteiger partial charge on any atom is -0.444 e. The van der Waals surface area contributed by atoms with E-state index in [0.29, 0.717) is 13.2 Å². The molecule has 5 heteroatoms. The molecule has 0 saturated carbocycles. The topological polar surface area (TPSA) is 55.8 Å². The number of amides is 1. The van der Waals surface area contributed by atoms with E-state index in [1.54, 1.807) is 20.8 Å². The predicted octanol–water partition coefficient (Wildman–Crippen LogP) is 1.38. The zero-order valence-corrected chi connectivity index (χ0v) is 10.6. The van der Waals surface area contributed by atoms with Crippen LogP contribution < -0.4 is 0 Å². The van der Waals surface area contributed by atoms with Crippen LogP contribution in [0.1, 0.15) is 20.8 Å². The molecule has 0 radical (unpaired) electrons. The molecule has 1 fully saturated rings. The Hall–Kier alpha value is -1.36. The van der Waals surface area contributed by atoms with Crippen LogP contribution in [-0.2, 0) is 14.3 Å². The third-order valence-electron chi connectivity index (χ3n) is 2.29. The lowest BCUT2D eigenvalue weighted by atomic mass is 10.1. The molecule has 0 N–H and O–H groups in total. The lowest BCUT2D eigenvalue weighted by Crippen LogP contribution is -2.53. The molecule has 1 aliphatic heterocycles. The third-order valence-corrected chi connectivity index (χ3v) is 2.29. The molecule has 0 aliphatic carbocycles. The first-order valence-corrected chi connectivity index (χ1v) is 5.59. The summed E-state index contributed by atoms with van der Waals surface area (Å²) in [6.45, 7) is 9.76. The summed E-state index contributed by atoms with van der Waals surface area (Å²) in [6.07, 6.45) is 0.720. The van der Waals surface area contributed by atoms with E-state index in [4.69, 9.17) is 9.47 Å². The summed E-state index contributed by atoms with van der Waals surface area (Å²) in [5.74, 6) is -0.226. The van der Waals surface area contributed by atoms with Crippen LogP contribution >= 0.6 is 0 Å². The van der Waals surface area contributed by atoms with Gasteiger partial charge in [-0.1, -0.05) is 6.58 Å². The van der Waals surface area contributed by atoms with E-state index in [2.05, 4.69) is 6.58 Å². The van der Waals surface area contributed by atoms with Crippen molar-refractivity contribution in [2.45, 2.75) is 32.4 Å². The van der Waals surface area contributed by atoms with Gasteiger partial charge in [0.15, 0.2) is 5.78 Å². The van der Waals surface area contributed by atoms with Crippen LogP contribution in [0.3, 0.4) is 0 Å². The smallest absolute Gasteiger partial charge is 0.411 e. The van der Waals surface area contributed by atoms with E-state index in [1.165, 1.54) is 11.0 Å². The van der Waals surface area contributed by atoms with Crippen LogP contribution in [0.15, 0.2) is 12.7 Å². The standard InChI is InChI=1S/C12H19NO4/c1-5-10(14)9-8-16-7-6-13(9)11(15)17-12(2,3)4/h5,9H,1,6-8H2,2-4H3. The molecule has 1 unspecified atom stereocenters. The fraction of sp³-hybridized carbons (Fsp3) is 0.667. The summed E-state index contributed by atoms with van der Waals surface area (Å²) in [5, 5.41) is 0. The van der Waals surface area contributed by atoms with Gasteiger partial charge in [-0.25, -0.2) is 4.79 Å². The van der Waals surface area contributed by atoms with Gasteiger partial charge < -0.3 is 9.47 Å². The lowest BCUT2D eigenvalue weighted by molar-refractivity contribution is -0.125. The Morgan fingerprint density at radius 3 is 2.65 bits per heavy atom. The van der Waals surface area contributed by atoms with Crippen LogP contribution in [0.5, 0.6) is 0 Å². The van der Waals surface area contributed by atoms with Crippen molar-refractivity contribution in [3.63, 3.8) is 0 Å². The van der Waals surface area contributed by atoms with E-state index < -0.39 is 17.7 Å². The summed E-state index contributed by atoms with van der Waals surface area (Å²) in [7, 11) is 0. The zero-order chi connectivity index (χ0) is 13.1. The Bertz CT molecular complexity index is 319. The van der Waals surface area contributed by atoms with Crippen LogP contribution in [-0.4, -0.2) is 48.2 Å². The van der Waals surface area contributed by atoms with Gasteiger partial charge in [-0.15, -0.1) is 0 Å². The van der Waals surface area contributed by atoms with Gasteiger partial charge in [0.1, 0.15) is 11.6 Å². The first-order valence-electron chi connectivity index (χ1n) is 5.59. The summed E-state index contributed by atoms with van der Waals surface area (Å²) in [6, 6.07) is -0.615. The van der Waals surface area contributed by atoms with E-state index in [1.807, 2.05) is 0 Å². The van der Waals surface area contributed by atoms with Crippen molar-refractivity contribution in [3.05, 3.63) is 12.7 Å². The molecule has 0 spiro atoms. The molecule has 0 aromatic rings. The molecule has 0 aromatic carbocycles. The maximum absolute atomic E-state index is 11.9. The molecule has 96 valence electrons. The van der Waals surface area contributed by atoms with Crippen LogP contribution in [0.2, 0.25) is 0 Å². The Morgan fingerprint density at radius 2 is 2.12 bits per heavy atom. The number of ketones is 1. The SMILES string of the molecule is C=CC(=O)C1COCCN1C(=O)OC(C)(C)C. The summed E-state index contributed by atoms with van der Waals surface area (Å²) in [4.78, 5) is 24.9. The highest BCUT2D eigenvalue weighted by molar-refractivity contribution is 5.96. The maximum Gasteiger partial charge on any atom is 0.411 e. The second-order valence-corrected chi connectivity index (χ2v) is 4.87. The Labute approximate surface area is 101 Å². The van der Waals surface area contributed by atoms with Gasteiger partial charge in [-0.3, -0.25) is 9.69 Å². The molecule has 0 bridgehead atoms. The fourth-order valence-electron chi connectivity index (χ4n) is 1.51. The molecule has 5 nitrogen and oxygen atoms in total. The molecule has 0 aromatic heterocycles. The van der Waals surface area contributed by atoms with Gasteiger partial charge in [0.2, 0.25) is 0 Å². The molecule has 1 amide bonds. The minimum atomic E-state index is -0.615. The van der Waals surface area contributed by atoms with Crippen molar-refractivity contribution < 1.29 is 19.1 Å². The van der Waals surface area contributed by atoms with Gasteiger partial charge in [0.25, 0.3) is 0 Å². The monoisotopic (exact) mass is 241 g/mol. The molecule has 1 atom stereocenters.